The van der Waals surface area contributed by atoms with Gasteiger partial charge in [0.2, 0.25) is 0 Å². The molecule has 0 bridgehead atoms. The van der Waals surface area contributed by atoms with Crippen molar-refractivity contribution in [3.05, 3.63) is 21.2 Å². The van der Waals surface area contributed by atoms with Crippen molar-refractivity contribution in [1.82, 2.24) is 4.98 Å². The second-order valence-corrected chi connectivity index (χ2v) is 3.91. The lowest BCUT2D eigenvalue weighted by molar-refractivity contribution is 0.182. The first-order valence-electron chi connectivity index (χ1n) is 3.24. The van der Waals surface area contributed by atoms with Gasteiger partial charge in [0, 0.05) is 17.7 Å². The molecule has 1 aromatic rings. The molecule has 12 heavy (non-hydrogen) atoms. The van der Waals surface area contributed by atoms with Crippen LogP contribution < -0.4 is 5.06 Å². The van der Waals surface area contributed by atoms with Crippen LogP contribution in [0.25, 0.3) is 0 Å². The second-order valence-electron chi connectivity index (χ2n) is 2.14. The van der Waals surface area contributed by atoms with Crippen LogP contribution in [0.3, 0.4) is 0 Å². The van der Waals surface area contributed by atoms with E-state index < -0.39 is 0 Å². The topological polar surface area (TPSA) is 25.4 Å². The van der Waals surface area contributed by atoms with E-state index in [1.54, 1.807) is 25.4 Å². The summed E-state index contributed by atoms with van der Waals surface area (Å²) in [7, 11) is 3.39. The molecule has 0 aliphatic rings. The first-order valence-corrected chi connectivity index (χ1v) is 4.82. The quantitative estimate of drug-likeness (QED) is 0.784. The van der Waals surface area contributed by atoms with Gasteiger partial charge in [0.15, 0.2) is 5.82 Å². The molecule has 0 saturated heterocycles. The van der Waals surface area contributed by atoms with E-state index in [1.165, 1.54) is 0 Å². The maximum atomic E-state index is 4.98. The molecule has 0 radical (unpaired) electrons. The Labute approximate surface area is 87.9 Å². The van der Waals surface area contributed by atoms with Crippen molar-refractivity contribution in [3.8, 4) is 0 Å². The highest BCUT2D eigenvalue weighted by Crippen LogP contribution is 2.25. The number of pyridine rings is 1. The van der Waals surface area contributed by atoms with Crippen LogP contribution in [0, 0.1) is 0 Å². The molecule has 0 fully saturated rings. The summed E-state index contributed by atoms with van der Waals surface area (Å²) >= 11 is 6.69. The van der Waals surface area contributed by atoms with Gasteiger partial charge in [-0.25, -0.2) is 10.0 Å². The van der Waals surface area contributed by atoms with Gasteiger partial charge in [-0.05, 0) is 37.9 Å². The van der Waals surface area contributed by atoms with Crippen LogP contribution >= 0.6 is 31.9 Å². The molecule has 0 aliphatic carbocycles. The summed E-state index contributed by atoms with van der Waals surface area (Å²) in [6, 6.07) is 1.91. The summed E-state index contributed by atoms with van der Waals surface area (Å²) in [6.45, 7) is 0. The molecule has 1 rings (SSSR count). The molecule has 0 aliphatic heterocycles. The Bertz CT molecular complexity index is 280. The monoisotopic (exact) mass is 294 g/mol. The zero-order valence-corrected chi connectivity index (χ0v) is 9.89. The average Bonchev–Trinajstić information content (AvgIpc) is 2.03. The van der Waals surface area contributed by atoms with Crippen LogP contribution in [-0.4, -0.2) is 19.1 Å². The fraction of sp³-hybridized carbons (Fsp3) is 0.286. The predicted molar refractivity (Wildman–Crippen MR) is 55.0 cm³/mol. The van der Waals surface area contributed by atoms with E-state index >= 15 is 0 Å². The van der Waals surface area contributed by atoms with E-state index in [4.69, 9.17) is 4.84 Å². The number of anilines is 1. The summed E-state index contributed by atoms with van der Waals surface area (Å²) in [5.74, 6) is 0.751. The van der Waals surface area contributed by atoms with E-state index in [0.29, 0.717) is 0 Å². The lowest BCUT2D eigenvalue weighted by Crippen LogP contribution is -2.16. The number of aromatic nitrogens is 1. The summed E-state index contributed by atoms with van der Waals surface area (Å²) < 4.78 is 1.82. The maximum Gasteiger partial charge on any atom is 0.166 e. The zero-order valence-electron chi connectivity index (χ0n) is 6.71. The molecule has 0 aromatic carbocycles. The summed E-state index contributed by atoms with van der Waals surface area (Å²) in [5, 5.41) is 1.58. The van der Waals surface area contributed by atoms with Gasteiger partial charge in [0.05, 0.1) is 11.6 Å². The molecular weight excluding hydrogens is 288 g/mol. The van der Waals surface area contributed by atoms with Gasteiger partial charge < -0.3 is 0 Å². The van der Waals surface area contributed by atoms with Crippen molar-refractivity contribution in [1.29, 1.82) is 0 Å². The van der Waals surface area contributed by atoms with Crippen LogP contribution in [0.5, 0.6) is 0 Å². The molecule has 3 nitrogen and oxygen atoms in total. The summed E-state index contributed by atoms with van der Waals surface area (Å²) in [5.41, 5.74) is 0. The van der Waals surface area contributed by atoms with Crippen molar-refractivity contribution in [2.75, 3.05) is 19.2 Å². The van der Waals surface area contributed by atoms with Crippen molar-refractivity contribution >= 4 is 37.7 Å². The van der Waals surface area contributed by atoms with Gasteiger partial charge in [-0.2, -0.15) is 0 Å². The first-order chi connectivity index (χ1) is 5.65. The van der Waals surface area contributed by atoms with E-state index in [-0.39, 0.29) is 0 Å². The largest absolute Gasteiger partial charge is 0.276 e. The number of hydrogen-bond donors (Lipinski definition) is 0. The lowest BCUT2D eigenvalue weighted by Gasteiger charge is -2.15. The minimum atomic E-state index is 0.751. The minimum absolute atomic E-state index is 0.751. The molecule has 0 saturated carbocycles. The Hall–Kier alpha value is -0.130. The predicted octanol–water partition coefficient (Wildman–Crippen LogP) is 2.60. The second kappa shape index (κ2) is 4.20. The Balaban J connectivity index is 3.01. The van der Waals surface area contributed by atoms with Gasteiger partial charge >= 0.3 is 0 Å². The summed E-state index contributed by atoms with van der Waals surface area (Å²) in [4.78, 5) is 9.14. The zero-order chi connectivity index (χ0) is 9.14. The molecule has 0 unspecified atom stereocenters. The Morgan fingerprint density at radius 1 is 1.50 bits per heavy atom. The van der Waals surface area contributed by atoms with Crippen LogP contribution in [0.15, 0.2) is 21.2 Å². The van der Waals surface area contributed by atoms with Crippen LogP contribution in [0.1, 0.15) is 0 Å². The van der Waals surface area contributed by atoms with Gasteiger partial charge in [-0.1, -0.05) is 0 Å². The van der Waals surface area contributed by atoms with Crippen molar-refractivity contribution in [2.45, 2.75) is 0 Å². The van der Waals surface area contributed by atoms with Gasteiger partial charge in [-0.3, -0.25) is 4.84 Å². The lowest BCUT2D eigenvalue weighted by atomic mass is 10.5. The summed E-state index contributed by atoms with van der Waals surface area (Å²) in [6.07, 6.45) is 1.72. The third kappa shape index (κ3) is 2.18. The van der Waals surface area contributed by atoms with E-state index in [0.717, 1.165) is 14.8 Å². The number of rotatable bonds is 2. The molecule has 1 aromatic heterocycles. The van der Waals surface area contributed by atoms with Gasteiger partial charge in [-0.15, -0.1) is 0 Å². The smallest absolute Gasteiger partial charge is 0.166 e. The fourth-order valence-corrected chi connectivity index (χ4v) is 1.96. The number of hydrogen-bond acceptors (Lipinski definition) is 3. The highest BCUT2D eigenvalue weighted by Gasteiger charge is 2.06. The molecule has 1 heterocycles. The highest BCUT2D eigenvalue weighted by molar-refractivity contribution is 9.11. The standard InChI is InChI=1S/C7H8Br2N2O/c1-11(12-2)7-6(9)3-5(8)4-10-7/h3-4H,1-2H3. The van der Waals surface area contributed by atoms with Gasteiger partial charge in [0.1, 0.15) is 0 Å². The van der Waals surface area contributed by atoms with Crippen molar-refractivity contribution in [2.24, 2.45) is 0 Å². The molecule has 5 heteroatoms. The maximum absolute atomic E-state index is 4.98. The first kappa shape index (κ1) is 9.95. The Morgan fingerprint density at radius 2 is 2.17 bits per heavy atom. The average molecular weight is 296 g/mol. The molecular formula is C7H8Br2N2O. The Kier molecular flexibility index (Phi) is 3.49. The van der Waals surface area contributed by atoms with E-state index in [1.807, 2.05) is 6.07 Å². The Morgan fingerprint density at radius 3 is 2.67 bits per heavy atom. The van der Waals surface area contributed by atoms with Crippen LogP contribution in [0.2, 0.25) is 0 Å². The number of hydroxylamine groups is 1. The molecule has 0 spiro atoms. The van der Waals surface area contributed by atoms with Crippen LogP contribution in [-0.2, 0) is 4.84 Å². The third-order valence-electron chi connectivity index (χ3n) is 1.36. The van der Waals surface area contributed by atoms with Crippen molar-refractivity contribution < 1.29 is 4.84 Å². The molecule has 0 atom stereocenters. The van der Waals surface area contributed by atoms with E-state index in [9.17, 15) is 0 Å². The molecule has 0 amide bonds. The van der Waals surface area contributed by atoms with Gasteiger partial charge in [0.25, 0.3) is 0 Å². The minimum Gasteiger partial charge on any atom is -0.276 e. The van der Waals surface area contributed by atoms with Crippen LogP contribution in [0.4, 0.5) is 5.82 Å². The highest BCUT2D eigenvalue weighted by atomic mass is 79.9. The molecule has 0 N–H and O–H groups in total. The van der Waals surface area contributed by atoms with E-state index in [2.05, 4.69) is 36.8 Å². The number of nitrogens with zero attached hydrogens (tertiary/aromatic N) is 2. The normalized spacial score (nSPS) is 10.0. The number of halogens is 2. The SMILES string of the molecule is CON(C)c1ncc(Br)cc1Br. The molecule has 66 valence electrons. The fourth-order valence-electron chi connectivity index (χ4n) is 0.726. The third-order valence-corrected chi connectivity index (χ3v) is 2.38. The van der Waals surface area contributed by atoms with Crippen molar-refractivity contribution in [3.63, 3.8) is 0 Å².